The molecule has 0 spiro atoms. The van der Waals surface area contributed by atoms with Crippen LogP contribution in [0.1, 0.15) is 0 Å². The second kappa shape index (κ2) is 4.14. The first kappa shape index (κ1) is 10.2. The summed E-state index contributed by atoms with van der Waals surface area (Å²) in [6.07, 6.45) is 1.68. The summed E-state index contributed by atoms with van der Waals surface area (Å²) in [5.74, 6) is 0.666. The van der Waals surface area contributed by atoms with E-state index < -0.39 is 0 Å². The van der Waals surface area contributed by atoms with E-state index in [1.807, 2.05) is 40.8 Å². The molecule has 3 rings (SSSR count). The van der Waals surface area contributed by atoms with E-state index >= 15 is 0 Å². The molecule has 17 heavy (non-hydrogen) atoms. The molecule has 4 heteroatoms. The van der Waals surface area contributed by atoms with Gasteiger partial charge < -0.3 is 5.73 Å². The van der Waals surface area contributed by atoms with E-state index in [0.29, 0.717) is 5.82 Å². The lowest BCUT2D eigenvalue weighted by Gasteiger charge is -2.06. The maximum absolute atomic E-state index is 5.92. The van der Waals surface area contributed by atoms with Crippen LogP contribution in [0.15, 0.2) is 64.6 Å². The number of hydrogen-bond donors (Lipinski definition) is 1. The molecule has 0 aliphatic rings. The van der Waals surface area contributed by atoms with E-state index in [9.17, 15) is 0 Å². The molecule has 0 saturated heterocycles. The number of nitrogens with zero attached hydrogens (tertiary/aromatic N) is 2. The van der Waals surface area contributed by atoms with Crippen molar-refractivity contribution in [3.8, 4) is 0 Å². The summed E-state index contributed by atoms with van der Waals surface area (Å²) >= 11 is 1.68. The molecule has 0 aliphatic carbocycles. The molecule has 0 saturated carbocycles. The van der Waals surface area contributed by atoms with Crippen molar-refractivity contribution in [2.24, 2.45) is 0 Å². The highest BCUT2D eigenvalue weighted by atomic mass is 32.2. The number of hydrogen-bond acceptors (Lipinski definition) is 3. The summed E-state index contributed by atoms with van der Waals surface area (Å²) in [5.41, 5.74) is 6.80. The van der Waals surface area contributed by atoms with Gasteiger partial charge in [0, 0.05) is 4.90 Å². The molecule has 2 aromatic heterocycles. The van der Waals surface area contributed by atoms with Crippen LogP contribution in [0.2, 0.25) is 0 Å². The van der Waals surface area contributed by atoms with Gasteiger partial charge in [-0.05, 0) is 24.3 Å². The Kier molecular flexibility index (Phi) is 2.49. The van der Waals surface area contributed by atoms with Crippen molar-refractivity contribution in [2.75, 3.05) is 5.73 Å². The molecular weight excluding hydrogens is 230 g/mol. The lowest BCUT2D eigenvalue weighted by Crippen LogP contribution is -1.95. The summed E-state index contributed by atoms with van der Waals surface area (Å²) in [6.45, 7) is 0. The maximum atomic E-state index is 5.92. The number of pyridine rings is 1. The largest absolute Gasteiger partial charge is 0.383 e. The van der Waals surface area contributed by atoms with Crippen LogP contribution >= 0.6 is 11.8 Å². The molecule has 0 atom stereocenters. The first-order valence-electron chi connectivity index (χ1n) is 5.29. The van der Waals surface area contributed by atoms with Gasteiger partial charge in [0.05, 0.1) is 11.2 Å². The Bertz CT molecular complexity index is 646. The van der Waals surface area contributed by atoms with Crippen molar-refractivity contribution in [2.45, 2.75) is 9.92 Å². The van der Waals surface area contributed by atoms with Gasteiger partial charge in [0.15, 0.2) is 0 Å². The average Bonchev–Trinajstić information content (AvgIpc) is 2.74. The van der Waals surface area contributed by atoms with E-state index in [4.69, 9.17) is 5.73 Å². The number of aromatic nitrogens is 2. The van der Waals surface area contributed by atoms with Gasteiger partial charge in [-0.2, -0.15) is 0 Å². The number of nitrogens with two attached hydrogens (primary N) is 1. The van der Waals surface area contributed by atoms with Crippen molar-refractivity contribution in [1.82, 2.24) is 9.38 Å². The van der Waals surface area contributed by atoms with E-state index in [2.05, 4.69) is 17.1 Å². The highest BCUT2D eigenvalue weighted by Crippen LogP contribution is 2.29. The summed E-state index contributed by atoms with van der Waals surface area (Å²) in [4.78, 5) is 5.43. The molecule has 0 bridgehead atoms. The normalized spacial score (nSPS) is 10.8. The molecular formula is C13H11N3S. The Labute approximate surface area is 103 Å². The van der Waals surface area contributed by atoms with Crippen LogP contribution < -0.4 is 5.73 Å². The van der Waals surface area contributed by atoms with Gasteiger partial charge in [0.1, 0.15) is 11.5 Å². The Hall–Kier alpha value is -1.94. The fourth-order valence-corrected chi connectivity index (χ4v) is 2.69. The number of imidazole rings is 1. The lowest BCUT2D eigenvalue weighted by molar-refractivity contribution is 1.03. The third kappa shape index (κ3) is 1.87. The number of benzene rings is 1. The van der Waals surface area contributed by atoms with Crippen LogP contribution in [0.4, 0.5) is 5.82 Å². The number of nitrogen functional groups attached to an aromatic ring is 1. The Morgan fingerprint density at radius 2 is 1.82 bits per heavy atom. The van der Waals surface area contributed by atoms with E-state index in [0.717, 1.165) is 10.7 Å². The standard InChI is InChI=1S/C13H11N3S/c14-11-9-15-12-7-4-8-13(16(11)12)17-10-5-2-1-3-6-10/h1-9H,14H2. The van der Waals surface area contributed by atoms with Crippen LogP contribution in [-0.2, 0) is 0 Å². The third-order valence-corrected chi connectivity index (χ3v) is 3.52. The molecule has 3 aromatic rings. The molecule has 3 nitrogen and oxygen atoms in total. The van der Waals surface area contributed by atoms with Crippen LogP contribution in [0.5, 0.6) is 0 Å². The molecule has 1 aromatic carbocycles. The minimum Gasteiger partial charge on any atom is -0.383 e. The summed E-state index contributed by atoms with van der Waals surface area (Å²) in [7, 11) is 0. The zero-order valence-electron chi connectivity index (χ0n) is 9.08. The monoisotopic (exact) mass is 241 g/mol. The predicted octanol–water partition coefficient (Wildman–Crippen LogP) is 3.07. The zero-order chi connectivity index (χ0) is 11.7. The van der Waals surface area contributed by atoms with E-state index in [1.165, 1.54) is 4.90 Å². The Morgan fingerprint density at radius 3 is 2.65 bits per heavy atom. The minimum absolute atomic E-state index is 0.666. The molecule has 0 fully saturated rings. The Balaban J connectivity index is 2.09. The summed E-state index contributed by atoms with van der Waals surface area (Å²) in [5, 5.41) is 1.07. The third-order valence-electron chi connectivity index (χ3n) is 2.49. The molecule has 2 heterocycles. The SMILES string of the molecule is Nc1cnc2cccc(Sc3ccccc3)n12. The zero-order valence-corrected chi connectivity index (χ0v) is 9.89. The smallest absolute Gasteiger partial charge is 0.139 e. The second-order valence-corrected chi connectivity index (χ2v) is 4.75. The van der Waals surface area contributed by atoms with Gasteiger partial charge in [-0.1, -0.05) is 36.0 Å². The summed E-state index contributed by atoms with van der Waals surface area (Å²) in [6, 6.07) is 16.2. The van der Waals surface area contributed by atoms with Crippen LogP contribution in [-0.4, -0.2) is 9.38 Å². The molecule has 84 valence electrons. The van der Waals surface area contributed by atoms with Gasteiger partial charge >= 0.3 is 0 Å². The van der Waals surface area contributed by atoms with Gasteiger partial charge in [-0.3, -0.25) is 4.40 Å². The van der Waals surface area contributed by atoms with E-state index in [-0.39, 0.29) is 0 Å². The molecule has 0 amide bonds. The quantitative estimate of drug-likeness (QED) is 0.749. The molecule has 0 radical (unpaired) electrons. The number of anilines is 1. The predicted molar refractivity (Wildman–Crippen MR) is 70.2 cm³/mol. The fraction of sp³-hybridized carbons (Fsp3) is 0. The van der Waals surface area contributed by atoms with Gasteiger partial charge in [-0.25, -0.2) is 4.98 Å². The first-order valence-corrected chi connectivity index (χ1v) is 6.11. The van der Waals surface area contributed by atoms with Crippen molar-refractivity contribution in [3.05, 3.63) is 54.7 Å². The van der Waals surface area contributed by atoms with Gasteiger partial charge in [-0.15, -0.1) is 0 Å². The van der Waals surface area contributed by atoms with Crippen molar-refractivity contribution >= 4 is 23.2 Å². The molecule has 0 unspecified atom stereocenters. The first-order chi connectivity index (χ1) is 8.34. The molecule has 2 N–H and O–H groups in total. The van der Waals surface area contributed by atoms with E-state index in [1.54, 1.807) is 18.0 Å². The van der Waals surface area contributed by atoms with Gasteiger partial charge in [0.2, 0.25) is 0 Å². The highest BCUT2D eigenvalue weighted by molar-refractivity contribution is 7.99. The van der Waals surface area contributed by atoms with Crippen molar-refractivity contribution < 1.29 is 0 Å². The topological polar surface area (TPSA) is 43.3 Å². The minimum atomic E-state index is 0.666. The summed E-state index contributed by atoms with van der Waals surface area (Å²) < 4.78 is 1.96. The van der Waals surface area contributed by atoms with Crippen molar-refractivity contribution in [3.63, 3.8) is 0 Å². The fourth-order valence-electron chi connectivity index (χ4n) is 1.72. The van der Waals surface area contributed by atoms with Crippen LogP contribution in [0, 0.1) is 0 Å². The van der Waals surface area contributed by atoms with Crippen LogP contribution in [0.3, 0.4) is 0 Å². The number of fused-ring (bicyclic) bond motifs is 1. The van der Waals surface area contributed by atoms with Crippen molar-refractivity contribution in [1.29, 1.82) is 0 Å². The molecule has 0 aliphatic heterocycles. The van der Waals surface area contributed by atoms with Crippen LogP contribution in [0.25, 0.3) is 5.65 Å². The second-order valence-electron chi connectivity index (χ2n) is 3.66. The lowest BCUT2D eigenvalue weighted by atomic mass is 10.4. The maximum Gasteiger partial charge on any atom is 0.139 e. The average molecular weight is 241 g/mol. The van der Waals surface area contributed by atoms with Gasteiger partial charge in [0.25, 0.3) is 0 Å². The highest BCUT2D eigenvalue weighted by Gasteiger charge is 2.05. The Morgan fingerprint density at radius 1 is 1.00 bits per heavy atom. The number of rotatable bonds is 2.